The van der Waals surface area contributed by atoms with Crippen molar-refractivity contribution >= 4 is 33.3 Å². The minimum absolute atomic E-state index is 0.0539. The van der Waals surface area contributed by atoms with Crippen LogP contribution in [0.4, 0.5) is 24.8 Å². The predicted octanol–water partition coefficient (Wildman–Crippen LogP) is 2.56. The zero-order valence-electron chi connectivity index (χ0n) is 16.5. The molecule has 0 radical (unpaired) electrons. The molecule has 3 rings (SSSR count). The van der Waals surface area contributed by atoms with E-state index in [1.54, 1.807) is 29.2 Å². The van der Waals surface area contributed by atoms with Gasteiger partial charge in [0.2, 0.25) is 0 Å². The zero-order valence-corrected chi connectivity index (χ0v) is 18.0. The maximum absolute atomic E-state index is 12.7. The Morgan fingerprint density at radius 2 is 1.87 bits per heavy atom. The second-order valence-corrected chi connectivity index (χ2v) is 9.36. The second-order valence-electron chi connectivity index (χ2n) is 7.00. The number of sulfonamides is 1. The molecule has 31 heavy (non-hydrogen) atoms. The van der Waals surface area contributed by atoms with Gasteiger partial charge in [0.1, 0.15) is 18.0 Å². The van der Waals surface area contributed by atoms with Crippen molar-refractivity contribution in [2.75, 3.05) is 42.9 Å². The third-order valence-corrected chi connectivity index (χ3v) is 6.78. The summed E-state index contributed by atoms with van der Waals surface area (Å²) in [5.41, 5.74) is -3.75. The van der Waals surface area contributed by atoms with E-state index in [0.717, 1.165) is 5.56 Å². The van der Waals surface area contributed by atoms with Crippen molar-refractivity contribution in [3.63, 3.8) is 0 Å². The molecule has 13 heteroatoms. The van der Waals surface area contributed by atoms with Crippen LogP contribution in [0.15, 0.2) is 30.6 Å². The standard InChI is InChI=1S/C18H21ClF3N5O3S/c1-12-8-13(19)2-3-14(12)15(28)10-23-16-9-17(25-11-24-16)26-4-6-27(7-5-26)31(29,30)18(20,21)22/h2-3,8-9,11,15,28H,4-7,10H2,1H3,(H,23,24,25). The number of nitrogens with one attached hydrogen (secondary N) is 1. The molecule has 2 N–H and O–H groups in total. The molecular formula is C18H21ClF3N5O3S. The molecule has 1 aliphatic rings. The van der Waals surface area contributed by atoms with Crippen LogP contribution < -0.4 is 10.2 Å². The monoisotopic (exact) mass is 479 g/mol. The lowest BCUT2D eigenvalue weighted by Crippen LogP contribution is -2.52. The summed E-state index contributed by atoms with van der Waals surface area (Å²) in [6.45, 7) is 1.51. The molecule has 0 spiro atoms. The lowest BCUT2D eigenvalue weighted by molar-refractivity contribution is -0.0490. The largest absolute Gasteiger partial charge is 0.511 e. The quantitative estimate of drug-likeness (QED) is 0.657. The Hall–Kier alpha value is -2.15. The maximum atomic E-state index is 12.7. The van der Waals surface area contributed by atoms with Crippen molar-refractivity contribution in [2.24, 2.45) is 0 Å². The van der Waals surface area contributed by atoms with E-state index in [4.69, 9.17) is 11.6 Å². The fourth-order valence-corrected chi connectivity index (χ4v) is 4.41. The summed E-state index contributed by atoms with van der Waals surface area (Å²) in [7, 11) is -5.34. The van der Waals surface area contributed by atoms with Gasteiger partial charge < -0.3 is 15.3 Å². The molecule has 1 unspecified atom stereocenters. The summed E-state index contributed by atoms with van der Waals surface area (Å²) in [6, 6.07) is 6.77. The summed E-state index contributed by atoms with van der Waals surface area (Å²) in [5, 5.41) is 14.0. The Balaban J connectivity index is 1.61. The van der Waals surface area contributed by atoms with Crippen molar-refractivity contribution in [3.05, 3.63) is 46.7 Å². The summed E-state index contributed by atoms with van der Waals surface area (Å²) in [6.07, 6.45) is 0.475. The van der Waals surface area contributed by atoms with Crippen LogP contribution in [0.1, 0.15) is 17.2 Å². The van der Waals surface area contributed by atoms with Gasteiger partial charge in [-0.25, -0.2) is 18.4 Å². The van der Waals surface area contributed by atoms with E-state index < -0.39 is 21.6 Å². The van der Waals surface area contributed by atoms with Gasteiger partial charge in [0.25, 0.3) is 0 Å². The second kappa shape index (κ2) is 9.15. The molecule has 1 aromatic carbocycles. The molecule has 170 valence electrons. The molecule has 0 saturated carbocycles. The average molecular weight is 480 g/mol. The van der Waals surface area contributed by atoms with E-state index in [9.17, 15) is 26.7 Å². The number of benzene rings is 1. The van der Waals surface area contributed by atoms with Crippen LogP contribution in [-0.2, 0) is 10.0 Å². The molecule has 1 atom stereocenters. The lowest BCUT2D eigenvalue weighted by atomic mass is 10.0. The normalized spacial score (nSPS) is 16.9. The minimum atomic E-state index is -5.34. The van der Waals surface area contributed by atoms with Gasteiger partial charge in [0.15, 0.2) is 0 Å². The number of piperazine rings is 1. The van der Waals surface area contributed by atoms with E-state index in [-0.39, 0.29) is 32.7 Å². The molecule has 0 amide bonds. The molecule has 8 nitrogen and oxygen atoms in total. The first-order valence-corrected chi connectivity index (χ1v) is 11.1. The number of aromatic nitrogens is 2. The van der Waals surface area contributed by atoms with Crippen molar-refractivity contribution in [3.8, 4) is 0 Å². The first-order valence-electron chi connectivity index (χ1n) is 9.30. The molecule has 1 aliphatic heterocycles. The summed E-state index contributed by atoms with van der Waals surface area (Å²) >= 11 is 5.93. The fraction of sp³-hybridized carbons (Fsp3) is 0.444. The van der Waals surface area contributed by atoms with Crippen molar-refractivity contribution in [1.29, 1.82) is 0 Å². The van der Waals surface area contributed by atoms with E-state index >= 15 is 0 Å². The van der Waals surface area contributed by atoms with E-state index in [1.807, 2.05) is 6.92 Å². The van der Waals surface area contributed by atoms with Crippen LogP contribution in [0.3, 0.4) is 0 Å². The van der Waals surface area contributed by atoms with Crippen molar-refractivity contribution in [2.45, 2.75) is 18.5 Å². The van der Waals surface area contributed by atoms with Gasteiger partial charge in [-0.3, -0.25) is 0 Å². The highest BCUT2D eigenvalue weighted by atomic mass is 35.5. The van der Waals surface area contributed by atoms with Crippen molar-refractivity contribution < 1.29 is 26.7 Å². The number of aryl methyl sites for hydroxylation is 1. The van der Waals surface area contributed by atoms with Gasteiger partial charge in [-0.2, -0.15) is 17.5 Å². The number of halogens is 4. The molecule has 1 aromatic heterocycles. The van der Waals surface area contributed by atoms with Crippen LogP contribution in [0.5, 0.6) is 0 Å². The maximum Gasteiger partial charge on any atom is 0.511 e. The Labute approximate surface area is 182 Å². The summed E-state index contributed by atoms with van der Waals surface area (Å²) in [4.78, 5) is 9.88. The highest BCUT2D eigenvalue weighted by molar-refractivity contribution is 7.90. The topological polar surface area (TPSA) is 98.7 Å². The number of rotatable bonds is 6. The van der Waals surface area contributed by atoms with E-state index in [1.165, 1.54) is 6.33 Å². The number of hydrogen-bond acceptors (Lipinski definition) is 7. The minimum Gasteiger partial charge on any atom is -0.387 e. The third-order valence-electron chi connectivity index (χ3n) is 4.92. The number of nitrogens with zero attached hydrogens (tertiary/aromatic N) is 4. The highest BCUT2D eigenvalue weighted by Crippen LogP contribution is 2.28. The summed E-state index contributed by atoms with van der Waals surface area (Å²) in [5.74, 6) is 0.861. The van der Waals surface area contributed by atoms with Gasteiger partial charge in [-0.15, -0.1) is 0 Å². The highest BCUT2D eigenvalue weighted by Gasteiger charge is 2.50. The van der Waals surface area contributed by atoms with Gasteiger partial charge in [-0.1, -0.05) is 17.7 Å². The lowest BCUT2D eigenvalue weighted by Gasteiger charge is -2.34. The first kappa shape index (κ1) is 23.5. The van der Waals surface area contributed by atoms with Gasteiger partial charge in [-0.05, 0) is 30.2 Å². The molecule has 2 heterocycles. The van der Waals surface area contributed by atoms with Gasteiger partial charge >= 0.3 is 15.5 Å². The molecule has 1 saturated heterocycles. The van der Waals surface area contributed by atoms with Crippen LogP contribution in [-0.4, -0.2) is 66.0 Å². The fourth-order valence-electron chi connectivity index (χ4n) is 3.24. The first-order chi connectivity index (χ1) is 14.5. The number of aliphatic hydroxyl groups excluding tert-OH is 1. The third kappa shape index (κ3) is 5.37. The Bertz CT molecular complexity index is 1030. The SMILES string of the molecule is Cc1cc(Cl)ccc1C(O)CNc1cc(N2CCN(S(=O)(=O)C(F)(F)F)CC2)ncn1. The van der Waals surface area contributed by atoms with E-state index in [2.05, 4.69) is 15.3 Å². The number of hydrogen-bond donors (Lipinski definition) is 2. The van der Waals surface area contributed by atoms with Crippen LogP contribution in [0.25, 0.3) is 0 Å². The molecule has 1 fully saturated rings. The average Bonchev–Trinajstić information content (AvgIpc) is 2.71. The molecular weight excluding hydrogens is 459 g/mol. The summed E-state index contributed by atoms with van der Waals surface area (Å²) < 4.78 is 61.6. The zero-order chi connectivity index (χ0) is 22.8. The van der Waals surface area contributed by atoms with Crippen molar-refractivity contribution in [1.82, 2.24) is 14.3 Å². The van der Waals surface area contributed by atoms with E-state index in [0.29, 0.717) is 26.5 Å². The predicted molar refractivity (Wildman–Crippen MR) is 110 cm³/mol. The molecule has 0 bridgehead atoms. The number of aliphatic hydroxyl groups is 1. The van der Waals surface area contributed by atoms with Gasteiger partial charge in [0, 0.05) is 43.8 Å². The Morgan fingerprint density at radius 3 is 2.48 bits per heavy atom. The molecule has 2 aromatic rings. The number of alkyl halides is 3. The van der Waals surface area contributed by atoms with Crippen LogP contribution in [0.2, 0.25) is 5.02 Å². The molecule has 0 aliphatic carbocycles. The van der Waals surface area contributed by atoms with Crippen LogP contribution >= 0.6 is 11.6 Å². The van der Waals surface area contributed by atoms with Gasteiger partial charge in [0.05, 0.1) is 6.10 Å². The van der Waals surface area contributed by atoms with Crippen LogP contribution in [0, 0.1) is 6.92 Å². The Morgan fingerprint density at radius 1 is 1.19 bits per heavy atom. The Kier molecular flexibility index (Phi) is 6.94. The smallest absolute Gasteiger partial charge is 0.387 e. The number of anilines is 2.